The maximum absolute atomic E-state index is 13.6. The Morgan fingerprint density at radius 2 is 1.74 bits per heavy atom. The molecule has 3 N–H and O–H groups in total. The molecule has 0 aliphatic heterocycles. The zero-order valence-corrected chi connectivity index (χ0v) is 20.7. The Bertz CT molecular complexity index is 1100. The van der Waals surface area contributed by atoms with Crippen LogP contribution in [0.15, 0.2) is 59.4 Å². The Morgan fingerprint density at radius 3 is 2.34 bits per heavy atom. The van der Waals surface area contributed by atoms with Crippen molar-refractivity contribution < 1.29 is 23.1 Å². The van der Waals surface area contributed by atoms with Gasteiger partial charge >= 0.3 is 0 Å². The lowest BCUT2D eigenvalue weighted by Gasteiger charge is -2.25. The van der Waals surface area contributed by atoms with Crippen molar-refractivity contribution >= 4 is 5.91 Å². The molecule has 2 aromatic carbocycles. The summed E-state index contributed by atoms with van der Waals surface area (Å²) in [5.74, 6) is -1.72. The number of aliphatic hydroxyl groups is 1. The number of aliphatic hydroxyl groups excluding tert-OH is 1. The average molecular weight is 485 g/mol. The van der Waals surface area contributed by atoms with Crippen LogP contribution >= 0.6 is 0 Å². The molecule has 0 aliphatic rings. The first-order chi connectivity index (χ1) is 16.5. The Morgan fingerprint density at radius 1 is 1.03 bits per heavy atom. The van der Waals surface area contributed by atoms with Gasteiger partial charge < -0.3 is 20.2 Å². The summed E-state index contributed by atoms with van der Waals surface area (Å²) in [6, 6.07) is 10.7. The van der Waals surface area contributed by atoms with E-state index in [0.717, 1.165) is 29.2 Å². The van der Waals surface area contributed by atoms with E-state index in [1.54, 1.807) is 12.5 Å². The van der Waals surface area contributed by atoms with Crippen molar-refractivity contribution in [3.8, 4) is 11.1 Å². The molecule has 3 aromatic rings. The van der Waals surface area contributed by atoms with Crippen LogP contribution in [0.25, 0.3) is 11.1 Å². The molecule has 0 aliphatic carbocycles. The van der Waals surface area contributed by atoms with Crippen molar-refractivity contribution in [3.05, 3.63) is 83.3 Å². The summed E-state index contributed by atoms with van der Waals surface area (Å²) in [5, 5.41) is 16.8. The summed E-state index contributed by atoms with van der Waals surface area (Å²) in [7, 11) is 0. The third kappa shape index (κ3) is 8.30. The van der Waals surface area contributed by atoms with Gasteiger partial charge in [-0.1, -0.05) is 32.9 Å². The van der Waals surface area contributed by atoms with Gasteiger partial charge in [0.25, 0.3) is 0 Å². The fourth-order valence-corrected chi connectivity index (χ4v) is 4.17. The van der Waals surface area contributed by atoms with Gasteiger partial charge in [-0.2, -0.15) is 0 Å². The lowest BCUT2D eigenvalue weighted by atomic mass is 9.85. The summed E-state index contributed by atoms with van der Waals surface area (Å²) in [4.78, 5) is 11.7. The topological polar surface area (TPSA) is 74.5 Å². The van der Waals surface area contributed by atoms with Crippen LogP contribution in [0.5, 0.6) is 0 Å². The molecule has 2 atom stereocenters. The zero-order chi connectivity index (χ0) is 25.6. The first-order valence-corrected chi connectivity index (χ1v) is 11.8. The number of hydrogen-bond donors (Lipinski definition) is 3. The quantitative estimate of drug-likeness (QED) is 0.378. The van der Waals surface area contributed by atoms with Crippen molar-refractivity contribution in [2.75, 3.05) is 6.54 Å². The number of amides is 1. The molecule has 0 saturated heterocycles. The van der Waals surface area contributed by atoms with Crippen LogP contribution in [0.4, 0.5) is 8.78 Å². The molecule has 0 bridgehead atoms. The minimum absolute atomic E-state index is 0.0994. The van der Waals surface area contributed by atoms with Gasteiger partial charge in [0.15, 0.2) is 0 Å². The van der Waals surface area contributed by atoms with E-state index >= 15 is 0 Å². The first-order valence-electron chi connectivity index (χ1n) is 11.8. The van der Waals surface area contributed by atoms with Crippen LogP contribution in [0.3, 0.4) is 0 Å². The number of carbonyl (C=O) groups excluding carboxylic acids is 1. The highest BCUT2D eigenvalue weighted by atomic mass is 19.1. The second kappa shape index (κ2) is 11.6. The highest BCUT2D eigenvalue weighted by Gasteiger charge is 2.22. The molecule has 0 fully saturated rings. The average Bonchev–Trinajstić information content (AvgIpc) is 3.27. The Hall–Kier alpha value is -3.03. The Labute approximate surface area is 205 Å². The van der Waals surface area contributed by atoms with Crippen LogP contribution in [0, 0.1) is 17.0 Å². The minimum atomic E-state index is -0.964. The molecule has 7 heteroatoms. The smallest absolute Gasteiger partial charge is 0.217 e. The second-order valence-corrected chi connectivity index (χ2v) is 10.2. The maximum atomic E-state index is 13.6. The van der Waals surface area contributed by atoms with Crippen LogP contribution in [-0.2, 0) is 24.2 Å². The standard InChI is InChI=1S/C28H34F2N2O3/c1-18(33)32-26(11-19-9-24(29)13-25(30)10-19)27(34)16-31-15-23-12-20(22-7-8-35-17-22)5-6-21(23)14-28(2,3)4/h5-10,12-13,17,26-27,31,34H,11,14-16H2,1-4H3,(H,32,33). The van der Waals surface area contributed by atoms with Gasteiger partial charge in [0.05, 0.1) is 24.7 Å². The van der Waals surface area contributed by atoms with Gasteiger partial charge in [-0.15, -0.1) is 0 Å². The van der Waals surface area contributed by atoms with Gasteiger partial charge in [-0.3, -0.25) is 4.79 Å². The minimum Gasteiger partial charge on any atom is -0.472 e. The van der Waals surface area contributed by atoms with Crippen LogP contribution < -0.4 is 10.6 Å². The molecule has 188 valence electrons. The molecule has 0 saturated carbocycles. The van der Waals surface area contributed by atoms with E-state index in [2.05, 4.69) is 49.6 Å². The predicted octanol–water partition coefficient (Wildman–Crippen LogP) is 5.01. The van der Waals surface area contributed by atoms with E-state index in [9.17, 15) is 18.7 Å². The first kappa shape index (κ1) is 26.6. The highest BCUT2D eigenvalue weighted by molar-refractivity contribution is 5.73. The van der Waals surface area contributed by atoms with Crippen molar-refractivity contribution in [1.82, 2.24) is 10.6 Å². The van der Waals surface area contributed by atoms with Crippen LogP contribution in [-0.4, -0.2) is 29.7 Å². The molecule has 2 unspecified atom stereocenters. The monoisotopic (exact) mass is 484 g/mol. The molecule has 1 aromatic heterocycles. The Balaban J connectivity index is 1.72. The summed E-state index contributed by atoms with van der Waals surface area (Å²) in [6.45, 7) is 8.60. The van der Waals surface area contributed by atoms with Crippen molar-refractivity contribution in [2.24, 2.45) is 5.41 Å². The zero-order valence-electron chi connectivity index (χ0n) is 20.7. The Kier molecular flexibility index (Phi) is 8.81. The van der Waals surface area contributed by atoms with E-state index in [-0.39, 0.29) is 24.3 Å². The van der Waals surface area contributed by atoms with Gasteiger partial charge in [0.2, 0.25) is 5.91 Å². The van der Waals surface area contributed by atoms with Gasteiger partial charge in [-0.25, -0.2) is 8.78 Å². The van der Waals surface area contributed by atoms with E-state index in [0.29, 0.717) is 12.1 Å². The summed E-state index contributed by atoms with van der Waals surface area (Å²) in [6.07, 6.45) is 3.36. The summed E-state index contributed by atoms with van der Waals surface area (Å²) < 4.78 is 32.5. The number of furan rings is 1. The van der Waals surface area contributed by atoms with Crippen molar-refractivity contribution in [1.29, 1.82) is 0 Å². The van der Waals surface area contributed by atoms with Crippen molar-refractivity contribution in [2.45, 2.75) is 59.2 Å². The summed E-state index contributed by atoms with van der Waals surface area (Å²) in [5.41, 5.74) is 4.80. The number of halogens is 2. The number of carbonyl (C=O) groups is 1. The highest BCUT2D eigenvalue weighted by Crippen LogP contribution is 2.28. The molecular weight excluding hydrogens is 450 g/mol. The molecule has 0 spiro atoms. The third-order valence-electron chi connectivity index (χ3n) is 5.68. The number of benzene rings is 2. The lowest BCUT2D eigenvalue weighted by molar-refractivity contribution is -0.120. The van der Waals surface area contributed by atoms with Crippen LogP contribution in [0.2, 0.25) is 0 Å². The molecule has 1 heterocycles. The van der Waals surface area contributed by atoms with Crippen LogP contribution in [0.1, 0.15) is 44.4 Å². The predicted molar refractivity (Wildman–Crippen MR) is 133 cm³/mol. The van der Waals surface area contributed by atoms with Gasteiger partial charge in [0, 0.05) is 31.6 Å². The van der Waals surface area contributed by atoms with E-state index in [4.69, 9.17) is 4.42 Å². The van der Waals surface area contributed by atoms with E-state index in [1.807, 2.05) is 6.07 Å². The fraction of sp³-hybridized carbons (Fsp3) is 0.393. The summed E-state index contributed by atoms with van der Waals surface area (Å²) >= 11 is 0. The van der Waals surface area contributed by atoms with E-state index in [1.165, 1.54) is 24.6 Å². The SMILES string of the molecule is CC(=O)NC(Cc1cc(F)cc(F)c1)C(O)CNCc1cc(-c2ccoc2)ccc1CC(C)(C)C. The van der Waals surface area contributed by atoms with Crippen molar-refractivity contribution in [3.63, 3.8) is 0 Å². The molecule has 1 amide bonds. The van der Waals surface area contributed by atoms with Gasteiger partial charge in [0.1, 0.15) is 11.6 Å². The third-order valence-corrected chi connectivity index (χ3v) is 5.68. The molecule has 3 rings (SSSR count). The molecular formula is C28H34F2N2O3. The number of rotatable bonds is 10. The number of nitrogens with one attached hydrogen (secondary N) is 2. The number of hydrogen-bond acceptors (Lipinski definition) is 4. The fourth-order valence-electron chi connectivity index (χ4n) is 4.17. The molecule has 0 radical (unpaired) electrons. The maximum Gasteiger partial charge on any atom is 0.217 e. The molecule has 35 heavy (non-hydrogen) atoms. The normalized spacial score (nSPS) is 13.5. The van der Waals surface area contributed by atoms with Gasteiger partial charge in [-0.05, 0) is 64.8 Å². The lowest BCUT2D eigenvalue weighted by Crippen LogP contribution is -2.48. The largest absolute Gasteiger partial charge is 0.472 e. The van der Waals surface area contributed by atoms with E-state index < -0.39 is 23.8 Å². The molecule has 5 nitrogen and oxygen atoms in total. The second-order valence-electron chi connectivity index (χ2n) is 10.2.